The van der Waals surface area contributed by atoms with E-state index in [1.165, 1.54) is 29.3 Å². The molecule has 5 rings (SSSR count). The Morgan fingerprint density at radius 1 is 0.974 bits per heavy atom. The number of para-hydroxylation sites is 2. The lowest BCUT2D eigenvalue weighted by atomic mass is 10.1. The molecule has 10 nitrogen and oxygen atoms in total. The maximum absolute atomic E-state index is 13.4. The van der Waals surface area contributed by atoms with Crippen molar-refractivity contribution in [1.82, 2.24) is 14.5 Å². The first-order valence-corrected chi connectivity index (χ1v) is 12.9. The van der Waals surface area contributed by atoms with Crippen LogP contribution in [-0.4, -0.2) is 28.1 Å². The summed E-state index contributed by atoms with van der Waals surface area (Å²) in [6, 6.07) is 18.7. The maximum Gasteiger partial charge on any atom is 0.332 e. The van der Waals surface area contributed by atoms with E-state index in [9.17, 15) is 19.2 Å². The predicted octanol–water partition coefficient (Wildman–Crippen LogP) is 3.44. The Labute approximate surface area is 226 Å². The fraction of sp³-hybridized carbons (Fsp3) is 0.143. The average molecular weight is 545 g/mol. The number of carbonyl (C=O) groups excluding carboxylic acids is 2. The minimum absolute atomic E-state index is 0.0199. The number of ether oxygens (including phenoxy) is 1. The lowest BCUT2D eigenvalue weighted by Crippen LogP contribution is -2.41. The van der Waals surface area contributed by atoms with Gasteiger partial charge < -0.3 is 19.8 Å². The van der Waals surface area contributed by atoms with Gasteiger partial charge in [-0.2, -0.15) is 0 Å². The minimum Gasteiger partial charge on any atom is -0.495 e. The number of benzene rings is 2. The van der Waals surface area contributed by atoms with Gasteiger partial charge in [-0.05, 0) is 53.4 Å². The van der Waals surface area contributed by atoms with Crippen LogP contribution in [0.1, 0.15) is 21.7 Å². The van der Waals surface area contributed by atoms with E-state index in [0.717, 1.165) is 4.57 Å². The van der Waals surface area contributed by atoms with Crippen molar-refractivity contribution >= 4 is 39.1 Å². The van der Waals surface area contributed by atoms with Crippen molar-refractivity contribution < 1.29 is 18.7 Å². The van der Waals surface area contributed by atoms with Crippen molar-refractivity contribution in [2.24, 2.45) is 0 Å². The lowest BCUT2D eigenvalue weighted by molar-refractivity contribution is -0.116. The normalized spacial score (nSPS) is 10.9. The third kappa shape index (κ3) is 5.53. The highest BCUT2D eigenvalue weighted by Crippen LogP contribution is 2.23. The van der Waals surface area contributed by atoms with Gasteiger partial charge in [0.05, 0.1) is 37.7 Å². The summed E-state index contributed by atoms with van der Waals surface area (Å²) in [6.45, 7) is -0.0545. The molecule has 0 bridgehead atoms. The summed E-state index contributed by atoms with van der Waals surface area (Å²) < 4.78 is 13.2. The molecule has 198 valence electrons. The molecule has 0 aliphatic carbocycles. The first-order chi connectivity index (χ1) is 18.9. The summed E-state index contributed by atoms with van der Waals surface area (Å²) in [5.41, 5.74) is 0.897. The highest BCUT2D eigenvalue weighted by atomic mass is 32.1. The summed E-state index contributed by atoms with van der Waals surface area (Å²) in [6.07, 6.45) is 1.53. The van der Waals surface area contributed by atoms with Gasteiger partial charge in [0, 0.05) is 5.56 Å². The summed E-state index contributed by atoms with van der Waals surface area (Å²) in [7, 11) is 1.50. The van der Waals surface area contributed by atoms with Crippen LogP contribution >= 0.6 is 11.3 Å². The molecule has 0 atom stereocenters. The predicted molar refractivity (Wildman–Crippen MR) is 147 cm³/mol. The van der Waals surface area contributed by atoms with E-state index in [2.05, 4.69) is 10.6 Å². The van der Waals surface area contributed by atoms with Crippen LogP contribution in [0.3, 0.4) is 0 Å². The highest BCUT2D eigenvalue weighted by Gasteiger charge is 2.18. The second-order valence-corrected chi connectivity index (χ2v) is 9.52. The molecular formula is C28H24N4O6S. The zero-order valence-electron chi connectivity index (χ0n) is 20.9. The van der Waals surface area contributed by atoms with Crippen LogP contribution < -0.4 is 26.6 Å². The molecule has 0 saturated heterocycles. The molecule has 0 spiro atoms. The van der Waals surface area contributed by atoms with Crippen LogP contribution in [0.15, 0.2) is 92.4 Å². The van der Waals surface area contributed by atoms with Gasteiger partial charge in [0.1, 0.15) is 22.8 Å². The molecule has 0 fully saturated rings. The zero-order chi connectivity index (χ0) is 27.4. The molecule has 5 aromatic rings. The molecule has 3 heterocycles. The molecule has 2 aromatic carbocycles. The smallest absolute Gasteiger partial charge is 0.332 e. The van der Waals surface area contributed by atoms with Crippen LogP contribution in [0.2, 0.25) is 0 Å². The Bertz CT molecular complexity index is 1750. The van der Waals surface area contributed by atoms with Gasteiger partial charge >= 0.3 is 5.69 Å². The molecular weight excluding hydrogens is 520 g/mol. The van der Waals surface area contributed by atoms with E-state index in [1.807, 2.05) is 0 Å². The zero-order valence-corrected chi connectivity index (χ0v) is 21.7. The molecule has 0 radical (unpaired) electrons. The quantitative estimate of drug-likeness (QED) is 0.293. The SMILES string of the molecule is COc1ccccc1NC(=O)Cn1c(=O)n(Cc2ccc(C(=O)NCc3ccco3)cc2)c(=O)c2sccc21. The number of furan rings is 1. The molecule has 0 saturated carbocycles. The van der Waals surface area contributed by atoms with Gasteiger partial charge in [0.15, 0.2) is 0 Å². The molecule has 3 aromatic heterocycles. The monoisotopic (exact) mass is 544 g/mol. The average Bonchev–Trinajstić information content (AvgIpc) is 3.65. The number of thiophene rings is 1. The van der Waals surface area contributed by atoms with Gasteiger partial charge in [0.2, 0.25) is 5.91 Å². The van der Waals surface area contributed by atoms with Crippen molar-refractivity contribution in [3.8, 4) is 5.75 Å². The van der Waals surface area contributed by atoms with Crippen molar-refractivity contribution in [1.29, 1.82) is 0 Å². The number of amides is 2. The summed E-state index contributed by atoms with van der Waals surface area (Å²) in [5, 5.41) is 7.24. The van der Waals surface area contributed by atoms with Crippen LogP contribution in [0.5, 0.6) is 5.75 Å². The maximum atomic E-state index is 13.4. The Morgan fingerprint density at radius 3 is 2.51 bits per heavy atom. The number of aromatic nitrogens is 2. The molecule has 0 aliphatic heterocycles. The van der Waals surface area contributed by atoms with Crippen molar-refractivity contribution in [3.63, 3.8) is 0 Å². The summed E-state index contributed by atoms with van der Waals surface area (Å²) in [4.78, 5) is 52.0. The molecule has 2 amide bonds. The largest absolute Gasteiger partial charge is 0.495 e. The molecule has 39 heavy (non-hydrogen) atoms. The first kappa shape index (κ1) is 25.7. The Morgan fingerprint density at radius 2 is 1.77 bits per heavy atom. The van der Waals surface area contributed by atoms with Gasteiger partial charge in [-0.1, -0.05) is 24.3 Å². The number of carbonyl (C=O) groups is 2. The Balaban J connectivity index is 1.37. The molecule has 0 unspecified atom stereocenters. The number of rotatable bonds is 9. The van der Waals surface area contributed by atoms with Gasteiger partial charge in [-0.25, -0.2) is 4.79 Å². The third-order valence-electron chi connectivity index (χ3n) is 6.08. The first-order valence-electron chi connectivity index (χ1n) is 12.0. The Hall–Kier alpha value is -4.90. The summed E-state index contributed by atoms with van der Waals surface area (Å²) in [5.74, 6) is 0.404. The van der Waals surface area contributed by atoms with Crippen molar-refractivity contribution in [2.75, 3.05) is 12.4 Å². The second-order valence-electron chi connectivity index (χ2n) is 8.60. The number of hydrogen-bond donors (Lipinski definition) is 2. The van der Waals surface area contributed by atoms with E-state index in [1.54, 1.807) is 72.1 Å². The summed E-state index contributed by atoms with van der Waals surface area (Å²) >= 11 is 1.20. The number of fused-ring (bicyclic) bond motifs is 1. The number of anilines is 1. The standard InChI is InChI=1S/C28H24N4O6S/c1-37-23-7-3-2-6-21(23)30-24(33)17-31-22-12-14-39-25(22)27(35)32(28(31)36)16-18-8-10-19(11-9-18)26(34)29-15-20-5-4-13-38-20/h2-14H,15-17H2,1H3,(H,29,34)(H,30,33). The third-order valence-corrected chi connectivity index (χ3v) is 6.97. The van der Waals surface area contributed by atoms with Gasteiger partial charge in [-0.15, -0.1) is 11.3 Å². The molecule has 0 aliphatic rings. The number of nitrogens with zero attached hydrogens (tertiary/aromatic N) is 2. The second kappa shape index (κ2) is 11.2. The van der Waals surface area contributed by atoms with Crippen LogP contribution in [0.25, 0.3) is 10.2 Å². The number of nitrogens with one attached hydrogen (secondary N) is 2. The fourth-order valence-electron chi connectivity index (χ4n) is 4.13. The van der Waals surface area contributed by atoms with Crippen LogP contribution in [-0.2, 0) is 24.4 Å². The number of hydrogen-bond acceptors (Lipinski definition) is 7. The topological polar surface area (TPSA) is 125 Å². The Kier molecular flexibility index (Phi) is 7.41. The lowest BCUT2D eigenvalue weighted by Gasteiger charge is -2.14. The number of methoxy groups -OCH3 is 1. The van der Waals surface area contributed by atoms with Gasteiger partial charge in [0.25, 0.3) is 11.5 Å². The molecule has 11 heteroatoms. The van der Waals surface area contributed by atoms with Crippen molar-refractivity contribution in [2.45, 2.75) is 19.6 Å². The van der Waals surface area contributed by atoms with E-state index >= 15 is 0 Å². The minimum atomic E-state index is -0.610. The van der Waals surface area contributed by atoms with Crippen LogP contribution in [0, 0.1) is 0 Å². The van der Waals surface area contributed by atoms with E-state index in [-0.39, 0.29) is 25.5 Å². The molecule has 2 N–H and O–H groups in total. The van der Waals surface area contributed by atoms with Crippen LogP contribution in [0.4, 0.5) is 5.69 Å². The van der Waals surface area contributed by atoms with E-state index in [0.29, 0.717) is 38.5 Å². The highest BCUT2D eigenvalue weighted by molar-refractivity contribution is 7.17. The van der Waals surface area contributed by atoms with Gasteiger partial charge in [-0.3, -0.25) is 23.5 Å². The van der Waals surface area contributed by atoms with E-state index < -0.39 is 17.2 Å². The van der Waals surface area contributed by atoms with Crippen molar-refractivity contribution in [3.05, 3.63) is 116 Å². The van der Waals surface area contributed by atoms with E-state index in [4.69, 9.17) is 9.15 Å². The fourth-order valence-corrected chi connectivity index (χ4v) is 4.98.